The summed E-state index contributed by atoms with van der Waals surface area (Å²) < 4.78 is 28.9. The summed E-state index contributed by atoms with van der Waals surface area (Å²) in [6, 6.07) is 11.1. The number of carbonyl (C=O) groups is 1. The molecule has 3 rings (SSSR count). The molecule has 0 unspecified atom stereocenters. The Morgan fingerprint density at radius 3 is 2.30 bits per heavy atom. The number of nitro benzene ring substituents is 1. The maximum atomic E-state index is 13.6. The first kappa shape index (κ1) is 25.5. The highest BCUT2D eigenvalue weighted by Gasteiger charge is 2.23. The van der Waals surface area contributed by atoms with Crippen LogP contribution in [0.5, 0.6) is 5.75 Å². The van der Waals surface area contributed by atoms with Crippen LogP contribution in [0.1, 0.15) is 90.1 Å². The Morgan fingerprint density at radius 2 is 1.68 bits per heavy atom. The van der Waals surface area contributed by atoms with Crippen LogP contribution in [0.3, 0.4) is 0 Å². The van der Waals surface area contributed by atoms with Crippen molar-refractivity contribution < 1.29 is 21.6 Å². The van der Waals surface area contributed by atoms with Crippen molar-refractivity contribution in [1.29, 1.82) is 0 Å². The number of unbranched alkanes of at least 4 members (excludes halogenated alkanes) is 3. The fourth-order valence-electron chi connectivity index (χ4n) is 4.20. The number of hydrogen-bond acceptors (Lipinski definition) is 6. The number of carbonyl (C=O) groups excluding carboxylic acids is 1. The summed E-state index contributed by atoms with van der Waals surface area (Å²) in [5, 5.41) is 11.8. The zero-order valence-corrected chi connectivity index (χ0v) is 22.3. The molecule has 0 fully saturated rings. The highest BCUT2D eigenvalue weighted by atomic mass is 16.6. The SMILES string of the molecule is [2H]C([2H])(CCOc1ccc(C(=O)c2c(CCCC)oc3ccc([N+](=O)[O-])cc23)cc1)N(CCCC)CCCC. The molecule has 0 amide bonds. The molecule has 3 aromatic rings. The Hall–Kier alpha value is -3.19. The van der Waals surface area contributed by atoms with Crippen molar-refractivity contribution in [2.75, 3.05) is 26.2 Å². The predicted molar refractivity (Wildman–Crippen MR) is 148 cm³/mol. The van der Waals surface area contributed by atoms with E-state index in [-0.39, 0.29) is 24.5 Å². The largest absolute Gasteiger partial charge is 0.494 e. The standard InChI is InChI=1S/C30H40N2O5/c1-4-7-11-28-29(26-22-24(32(34)35)14-17-27(26)37-28)30(33)23-12-15-25(16-13-23)36-21-10-20-31(18-8-5-2)19-9-6-3/h12-17,22H,4-11,18-21H2,1-3H3/i20D2. The number of benzene rings is 2. The van der Waals surface area contributed by atoms with Gasteiger partial charge in [0.15, 0.2) is 5.78 Å². The van der Waals surface area contributed by atoms with E-state index in [4.69, 9.17) is 11.9 Å². The molecule has 37 heavy (non-hydrogen) atoms. The molecule has 7 nitrogen and oxygen atoms in total. The number of ketones is 1. The fraction of sp³-hybridized carbons (Fsp3) is 0.500. The molecule has 2 aromatic carbocycles. The Bertz CT molecular complexity index is 1230. The van der Waals surface area contributed by atoms with Gasteiger partial charge < -0.3 is 14.1 Å². The van der Waals surface area contributed by atoms with E-state index in [9.17, 15) is 14.9 Å². The van der Waals surface area contributed by atoms with Crippen molar-refractivity contribution in [2.24, 2.45) is 0 Å². The van der Waals surface area contributed by atoms with E-state index in [0.717, 1.165) is 51.6 Å². The third-order valence-corrected chi connectivity index (χ3v) is 6.33. The van der Waals surface area contributed by atoms with Gasteiger partial charge in [0.05, 0.1) is 17.1 Å². The van der Waals surface area contributed by atoms with Gasteiger partial charge in [0.25, 0.3) is 5.69 Å². The smallest absolute Gasteiger partial charge is 0.270 e. The summed E-state index contributed by atoms with van der Waals surface area (Å²) in [4.78, 5) is 26.3. The van der Waals surface area contributed by atoms with Crippen molar-refractivity contribution in [3.8, 4) is 5.75 Å². The molecular formula is C30H40N2O5. The lowest BCUT2D eigenvalue weighted by molar-refractivity contribution is -0.384. The highest BCUT2D eigenvalue weighted by molar-refractivity contribution is 6.17. The molecule has 0 saturated carbocycles. The molecule has 0 atom stereocenters. The molecule has 0 saturated heterocycles. The zero-order chi connectivity index (χ0) is 28.4. The van der Waals surface area contributed by atoms with Gasteiger partial charge in [-0.15, -0.1) is 0 Å². The number of nitrogens with zero attached hydrogens (tertiary/aromatic N) is 2. The van der Waals surface area contributed by atoms with E-state index in [1.807, 2.05) is 11.8 Å². The van der Waals surface area contributed by atoms with E-state index in [0.29, 0.717) is 40.0 Å². The van der Waals surface area contributed by atoms with Crippen molar-refractivity contribution in [1.82, 2.24) is 4.90 Å². The summed E-state index contributed by atoms with van der Waals surface area (Å²) in [6.45, 7) is 6.48. The number of furan rings is 1. The molecule has 200 valence electrons. The van der Waals surface area contributed by atoms with Crippen molar-refractivity contribution >= 4 is 22.4 Å². The number of non-ortho nitro benzene ring substituents is 1. The summed E-state index contributed by atoms with van der Waals surface area (Å²) in [5.41, 5.74) is 1.15. The molecule has 1 heterocycles. The van der Waals surface area contributed by atoms with Gasteiger partial charge in [0, 0.05) is 38.7 Å². The lowest BCUT2D eigenvalue weighted by Gasteiger charge is -2.21. The number of hydrogen-bond donors (Lipinski definition) is 0. The minimum absolute atomic E-state index is 0.0917. The van der Waals surface area contributed by atoms with Crippen molar-refractivity contribution in [3.05, 3.63) is 69.5 Å². The maximum absolute atomic E-state index is 13.6. The van der Waals surface area contributed by atoms with Crippen LogP contribution in [0.4, 0.5) is 5.69 Å². The lowest BCUT2D eigenvalue weighted by Crippen LogP contribution is -2.28. The second-order valence-electron chi connectivity index (χ2n) is 9.25. The van der Waals surface area contributed by atoms with Crippen molar-refractivity contribution in [2.45, 2.75) is 72.1 Å². The molecule has 0 aliphatic carbocycles. The summed E-state index contributed by atoms with van der Waals surface area (Å²) in [7, 11) is 0. The quantitative estimate of drug-likeness (QED) is 0.106. The predicted octanol–water partition coefficient (Wildman–Crippen LogP) is 7.59. The monoisotopic (exact) mass is 510 g/mol. The van der Waals surface area contributed by atoms with Crippen LogP contribution < -0.4 is 4.74 Å². The Morgan fingerprint density at radius 1 is 1.00 bits per heavy atom. The number of ether oxygens (including phenoxy) is 1. The topological polar surface area (TPSA) is 85.8 Å². The molecule has 0 bridgehead atoms. The third-order valence-electron chi connectivity index (χ3n) is 6.33. The van der Waals surface area contributed by atoms with E-state index in [1.165, 1.54) is 12.1 Å². The maximum Gasteiger partial charge on any atom is 0.270 e. The minimum atomic E-state index is -1.46. The van der Waals surface area contributed by atoms with Gasteiger partial charge in [-0.25, -0.2) is 0 Å². The summed E-state index contributed by atoms with van der Waals surface area (Å²) >= 11 is 0. The zero-order valence-electron chi connectivity index (χ0n) is 24.3. The molecule has 0 aliphatic heterocycles. The normalized spacial score (nSPS) is 12.5. The number of aryl methyl sites for hydroxylation is 1. The van der Waals surface area contributed by atoms with Crippen LogP contribution in [0.15, 0.2) is 46.9 Å². The Kier molecular flexibility index (Phi) is 9.99. The first-order valence-corrected chi connectivity index (χ1v) is 13.4. The highest BCUT2D eigenvalue weighted by Crippen LogP contribution is 2.32. The first-order valence-electron chi connectivity index (χ1n) is 14.4. The molecule has 1 aromatic heterocycles. The summed E-state index contributed by atoms with van der Waals surface area (Å²) in [6.07, 6.45) is 6.51. The second kappa shape index (κ2) is 14.5. The number of fused-ring (bicyclic) bond motifs is 1. The average Bonchev–Trinajstić information content (AvgIpc) is 3.29. The van der Waals surface area contributed by atoms with Crippen LogP contribution in [0, 0.1) is 10.1 Å². The van der Waals surface area contributed by atoms with Crippen LogP contribution in [0.25, 0.3) is 11.0 Å². The molecule has 0 radical (unpaired) electrons. The molecule has 0 aliphatic rings. The molecule has 7 heteroatoms. The second-order valence-corrected chi connectivity index (χ2v) is 9.25. The Labute approximate surface area is 222 Å². The summed E-state index contributed by atoms with van der Waals surface area (Å²) in [5.74, 6) is 0.830. The van der Waals surface area contributed by atoms with E-state index in [2.05, 4.69) is 13.8 Å². The number of nitro groups is 1. The average molecular weight is 511 g/mol. The van der Waals surface area contributed by atoms with Gasteiger partial charge in [0.1, 0.15) is 17.1 Å². The molecular weight excluding hydrogens is 468 g/mol. The van der Waals surface area contributed by atoms with Gasteiger partial charge in [-0.05, 0) is 69.1 Å². The van der Waals surface area contributed by atoms with Crippen molar-refractivity contribution in [3.63, 3.8) is 0 Å². The van der Waals surface area contributed by atoms with Crippen LogP contribution in [-0.2, 0) is 6.42 Å². The van der Waals surface area contributed by atoms with E-state index < -0.39 is 11.4 Å². The fourth-order valence-corrected chi connectivity index (χ4v) is 4.20. The van der Waals surface area contributed by atoms with Gasteiger partial charge >= 0.3 is 0 Å². The number of rotatable bonds is 17. The molecule has 0 N–H and O–H groups in total. The van der Waals surface area contributed by atoms with Crippen LogP contribution in [0.2, 0.25) is 0 Å². The van der Waals surface area contributed by atoms with Gasteiger partial charge in [-0.2, -0.15) is 0 Å². The first-order chi connectivity index (χ1) is 18.7. The lowest BCUT2D eigenvalue weighted by atomic mass is 9.98. The van der Waals surface area contributed by atoms with Gasteiger partial charge in [0.2, 0.25) is 0 Å². The van der Waals surface area contributed by atoms with E-state index >= 15 is 0 Å². The Balaban J connectivity index is 1.73. The minimum Gasteiger partial charge on any atom is -0.494 e. The van der Waals surface area contributed by atoms with E-state index in [1.54, 1.807) is 30.3 Å². The van der Waals surface area contributed by atoms with Crippen LogP contribution in [-0.4, -0.2) is 41.8 Å². The third kappa shape index (κ3) is 7.89. The molecule has 0 spiro atoms. The van der Waals surface area contributed by atoms with Gasteiger partial charge in [-0.3, -0.25) is 14.9 Å². The van der Waals surface area contributed by atoms with Crippen LogP contribution >= 0.6 is 0 Å². The van der Waals surface area contributed by atoms with Gasteiger partial charge in [-0.1, -0.05) is 40.0 Å².